The summed E-state index contributed by atoms with van der Waals surface area (Å²) in [6.45, 7) is 4.36. The molecule has 1 unspecified atom stereocenters. The van der Waals surface area contributed by atoms with E-state index >= 15 is 0 Å². The van der Waals surface area contributed by atoms with Crippen LogP contribution in [-0.2, 0) is 6.61 Å². The topological polar surface area (TPSA) is 58.6 Å². The number of hydrogen-bond donors (Lipinski definition) is 2. The smallest absolute Gasteiger partial charge is 0.251 e. The van der Waals surface area contributed by atoms with E-state index < -0.39 is 6.10 Å². The molecule has 0 spiro atoms. The fraction of sp³-hybridized carbons (Fsp3) is 0.278. The summed E-state index contributed by atoms with van der Waals surface area (Å²) >= 11 is 0. The molecule has 2 N–H and O–H groups in total. The van der Waals surface area contributed by atoms with Crippen LogP contribution in [0.1, 0.15) is 28.4 Å². The molecule has 22 heavy (non-hydrogen) atoms. The minimum absolute atomic E-state index is 0.220. The molecule has 2 aromatic carbocycles. The molecule has 0 radical (unpaired) electrons. The van der Waals surface area contributed by atoms with E-state index in [0.29, 0.717) is 17.9 Å². The minimum atomic E-state index is -0.565. The van der Waals surface area contributed by atoms with E-state index in [2.05, 4.69) is 5.32 Å². The van der Waals surface area contributed by atoms with Crippen molar-refractivity contribution >= 4 is 5.91 Å². The monoisotopic (exact) mass is 299 g/mol. The van der Waals surface area contributed by atoms with E-state index in [-0.39, 0.29) is 12.5 Å². The van der Waals surface area contributed by atoms with Crippen molar-refractivity contribution in [2.45, 2.75) is 26.6 Å². The Balaban J connectivity index is 1.99. The van der Waals surface area contributed by atoms with Gasteiger partial charge in [0.2, 0.25) is 0 Å². The molecule has 0 aromatic heterocycles. The van der Waals surface area contributed by atoms with Gasteiger partial charge in [0.15, 0.2) is 0 Å². The first-order valence-electron chi connectivity index (χ1n) is 7.30. The van der Waals surface area contributed by atoms with Gasteiger partial charge >= 0.3 is 0 Å². The number of aliphatic hydroxyl groups is 1. The Morgan fingerprint density at radius 1 is 1.23 bits per heavy atom. The number of carbonyl (C=O) groups excluding carboxylic acids is 1. The average Bonchev–Trinajstić information content (AvgIpc) is 2.52. The number of nitrogens with one attached hydrogen (secondary N) is 1. The van der Waals surface area contributed by atoms with Gasteiger partial charge in [-0.3, -0.25) is 4.79 Å². The van der Waals surface area contributed by atoms with Crippen LogP contribution in [0.15, 0.2) is 48.5 Å². The van der Waals surface area contributed by atoms with Crippen LogP contribution < -0.4 is 10.1 Å². The summed E-state index contributed by atoms with van der Waals surface area (Å²) < 4.78 is 5.76. The average molecular weight is 299 g/mol. The maximum atomic E-state index is 12.0. The highest BCUT2D eigenvalue weighted by Gasteiger charge is 2.08. The number of aliphatic hydroxyl groups excluding tert-OH is 1. The molecular formula is C18H21NO3. The van der Waals surface area contributed by atoms with Gasteiger partial charge in [0, 0.05) is 12.1 Å². The number of amides is 1. The number of ether oxygens (including phenoxy) is 1. The summed E-state index contributed by atoms with van der Waals surface area (Å²) in [6.07, 6.45) is -0.565. The molecule has 0 aliphatic heterocycles. The van der Waals surface area contributed by atoms with Crippen LogP contribution in [0.2, 0.25) is 0 Å². The van der Waals surface area contributed by atoms with Crippen molar-refractivity contribution in [1.29, 1.82) is 0 Å². The number of rotatable bonds is 6. The number of carbonyl (C=O) groups is 1. The minimum Gasteiger partial charge on any atom is -0.489 e. The van der Waals surface area contributed by atoms with E-state index in [1.54, 1.807) is 25.1 Å². The van der Waals surface area contributed by atoms with E-state index in [4.69, 9.17) is 4.74 Å². The maximum absolute atomic E-state index is 12.0. The predicted octanol–water partition coefficient (Wildman–Crippen LogP) is 2.68. The molecular weight excluding hydrogens is 278 g/mol. The first kappa shape index (κ1) is 16.0. The Morgan fingerprint density at radius 3 is 2.73 bits per heavy atom. The lowest BCUT2D eigenvalue weighted by molar-refractivity contribution is 0.0923. The fourth-order valence-corrected chi connectivity index (χ4v) is 2.00. The zero-order valence-electron chi connectivity index (χ0n) is 12.9. The number of hydrogen-bond acceptors (Lipinski definition) is 3. The lowest BCUT2D eigenvalue weighted by Crippen LogP contribution is -2.30. The molecule has 0 saturated carbocycles. The van der Waals surface area contributed by atoms with Crippen LogP contribution in [0.4, 0.5) is 0 Å². The normalized spacial score (nSPS) is 11.8. The summed E-state index contributed by atoms with van der Waals surface area (Å²) in [5, 5.41) is 11.9. The largest absolute Gasteiger partial charge is 0.489 e. The lowest BCUT2D eigenvalue weighted by Gasteiger charge is -2.10. The summed E-state index contributed by atoms with van der Waals surface area (Å²) in [5.74, 6) is 0.426. The van der Waals surface area contributed by atoms with E-state index in [0.717, 1.165) is 5.56 Å². The molecule has 1 amide bonds. The molecule has 0 saturated heterocycles. The highest BCUT2D eigenvalue weighted by molar-refractivity contribution is 5.94. The third-order valence-corrected chi connectivity index (χ3v) is 3.31. The van der Waals surface area contributed by atoms with Crippen molar-refractivity contribution in [2.24, 2.45) is 0 Å². The van der Waals surface area contributed by atoms with E-state index in [1.807, 2.05) is 37.3 Å². The third-order valence-electron chi connectivity index (χ3n) is 3.31. The van der Waals surface area contributed by atoms with Crippen molar-refractivity contribution < 1.29 is 14.6 Å². The Bertz CT molecular complexity index is 638. The molecule has 1 atom stereocenters. The van der Waals surface area contributed by atoms with E-state index in [1.165, 1.54) is 5.56 Å². The van der Waals surface area contributed by atoms with Crippen LogP contribution in [-0.4, -0.2) is 23.7 Å². The fourth-order valence-electron chi connectivity index (χ4n) is 2.00. The molecule has 0 aliphatic carbocycles. The SMILES string of the molecule is Cc1ccccc1COc1cccc(C(=O)NCC(C)O)c1. The zero-order chi connectivity index (χ0) is 15.9. The van der Waals surface area contributed by atoms with Gasteiger partial charge in [-0.2, -0.15) is 0 Å². The highest BCUT2D eigenvalue weighted by Crippen LogP contribution is 2.16. The van der Waals surface area contributed by atoms with Crippen LogP contribution in [0.3, 0.4) is 0 Å². The number of benzene rings is 2. The number of aryl methyl sites for hydroxylation is 1. The Labute approximate surface area is 130 Å². The van der Waals surface area contributed by atoms with Gasteiger partial charge in [0.05, 0.1) is 6.10 Å². The molecule has 0 aliphatic rings. The van der Waals surface area contributed by atoms with Gasteiger partial charge < -0.3 is 15.2 Å². The van der Waals surface area contributed by atoms with Gasteiger partial charge in [0.1, 0.15) is 12.4 Å². The second kappa shape index (κ2) is 7.61. The summed E-state index contributed by atoms with van der Waals surface area (Å²) in [4.78, 5) is 12.0. The highest BCUT2D eigenvalue weighted by atomic mass is 16.5. The molecule has 2 rings (SSSR count). The van der Waals surface area contributed by atoms with Crippen molar-refractivity contribution in [3.8, 4) is 5.75 Å². The van der Waals surface area contributed by atoms with Crippen molar-refractivity contribution in [1.82, 2.24) is 5.32 Å². The Kier molecular flexibility index (Phi) is 5.55. The first-order chi connectivity index (χ1) is 10.6. The zero-order valence-corrected chi connectivity index (χ0v) is 12.9. The van der Waals surface area contributed by atoms with Crippen molar-refractivity contribution in [3.63, 3.8) is 0 Å². The molecule has 4 nitrogen and oxygen atoms in total. The third kappa shape index (κ3) is 4.60. The molecule has 116 valence electrons. The maximum Gasteiger partial charge on any atom is 0.251 e. The second-order valence-corrected chi connectivity index (χ2v) is 5.30. The van der Waals surface area contributed by atoms with Crippen LogP contribution in [0.5, 0.6) is 5.75 Å². The lowest BCUT2D eigenvalue weighted by atomic mass is 10.1. The molecule has 0 heterocycles. The predicted molar refractivity (Wildman–Crippen MR) is 86.0 cm³/mol. The second-order valence-electron chi connectivity index (χ2n) is 5.30. The van der Waals surface area contributed by atoms with Crippen molar-refractivity contribution in [3.05, 3.63) is 65.2 Å². The summed E-state index contributed by atoms with van der Waals surface area (Å²) in [6, 6.07) is 15.1. The molecule has 2 aromatic rings. The Hall–Kier alpha value is -2.33. The van der Waals surface area contributed by atoms with Gasteiger partial charge in [-0.05, 0) is 43.2 Å². The van der Waals surface area contributed by atoms with Crippen LogP contribution in [0.25, 0.3) is 0 Å². The van der Waals surface area contributed by atoms with Crippen LogP contribution in [0, 0.1) is 6.92 Å². The quantitative estimate of drug-likeness (QED) is 0.862. The Morgan fingerprint density at radius 2 is 2.00 bits per heavy atom. The van der Waals surface area contributed by atoms with Gasteiger partial charge in [-0.1, -0.05) is 30.3 Å². The van der Waals surface area contributed by atoms with Crippen molar-refractivity contribution in [2.75, 3.05) is 6.54 Å². The van der Waals surface area contributed by atoms with Crippen LogP contribution >= 0.6 is 0 Å². The summed E-state index contributed by atoms with van der Waals surface area (Å²) in [5.41, 5.74) is 2.81. The van der Waals surface area contributed by atoms with Gasteiger partial charge in [-0.15, -0.1) is 0 Å². The standard InChI is InChI=1S/C18H21NO3/c1-13-6-3-4-7-16(13)12-22-17-9-5-8-15(10-17)18(21)19-11-14(2)20/h3-10,14,20H,11-12H2,1-2H3,(H,19,21). The molecule has 0 bridgehead atoms. The van der Waals surface area contributed by atoms with Gasteiger partial charge in [-0.25, -0.2) is 0 Å². The summed E-state index contributed by atoms with van der Waals surface area (Å²) in [7, 11) is 0. The first-order valence-corrected chi connectivity index (χ1v) is 7.30. The molecule has 0 fully saturated rings. The molecule has 4 heteroatoms. The van der Waals surface area contributed by atoms with Gasteiger partial charge in [0.25, 0.3) is 5.91 Å². The van der Waals surface area contributed by atoms with E-state index in [9.17, 15) is 9.90 Å².